The van der Waals surface area contributed by atoms with Crippen LogP contribution in [0.25, 0.3) is 0 Å². The number of nitrogens with two attached hydrogens (primary N) is 1. The number of hydrogen-bond donors (Lipinski definition) is 2. The summed E-state index contributed by atoms with van der Waals surface area (Å²) in [5.41, 5.74) is 5.40. The van der Waals surface area contributed by atoms with Gasteiger partial charge >= 0.3 is 0 Å². The van der Waals surface area contributed by atoms with Gasteiger partial charge in [-0.1, -0.05) is 18.3 Å². The maximum atomic E-state index is 12.1. The average molecular weight is 269 g/mol. The van der Waals surface area contributed by atoms with Crippen molar-refractivity contribution in [3.63, 3.8) is 0 Å². The number of carbonyl (C=O) groups is 3. The molecule has 1 aliphatic rings. The van der Waals surface area contributed by atoms with Crippen molar-refractivity contribution in [1.29, 1.82) is 0 Å². The van der Waals surface area contributed by atoms with E-state index in [2.05, 4.69) is 15.5 Å². The third-order valence-corrected chi connectivity index (χ3v) is 3.27. The fourth-order valence-electron chi connectivity index (χ4n) is 1.73. The second-order valence-corrected chi connectivity index (χ2v) is 4.72. The molecule has 0 saturated carbocycles. The molecule has 0 spiro atoms. The van der Waals surface area contributed by atoms with Gasteiger partial charge in [-0.2, -0.15) is 0 Å². The van der Waals surface area contributed by atoms with Crippen LogP contribution in [0.4, 0.5) is 5.13 Å². The number of nitrogen functional groups attached to an aromatic ring is 1. The molecule has 8 nitrogen and oxygen atoms in total. The lowest BCUT2D eigenvalue weighted by molar-refractivity contribution is -0.138. The van der Waals surface area contributed by atoms with Crippen molar-refractivity contribution >= 4 is 34.2 Å². The van der Waals surface area contributed by atoms with E-state index in [-0.39, 0.29) is 16.7 Å². The van der Waals surface area contributed by atoms with Crippen LogP contribution in [0.15, 0.2) is 0 Å². The van der Waals surface area contributed by atoms with E-state index < -0.39 is 23.8 Å². The van der Waals surface area contributed by atoms with E-state index >= 15 is 0 Å². The molecule has 1 atom stereocenters. The van der Waals surface area contributed by atoms with Gasteiger partial charge in [-0.3, -0.25) is 19.7 Å². The van der Waals surface area contributed by atoms with Gasteiger partial charge in [-0.15, -0.1) is 10.2 Å². The fourth-order valence-corrected chi connectivity index (χ4v) is 2.30. The Labute approximate surface area is 106 Å². The summed E-state index contributed by atoms with van der Waals surface area (Å²) in [6.07, 6.45) is 0.416. The number of nitrogens with zero attached hydrogens (tertiary/aromatic N) is 3. The number of carbonyl (C=O) groups excluding carboxylic acids is 3. The first-order valence-electron chi connectivity index (χ1n) is 5.26. The van der Waals surface area contributed by atoms with E-state index in [9.17, 15) is 14.4 Å². The molecule has 1 aromatic rings. The third kappa shape index (κ3) is 2.16. The molecule has 1 unspecified atom stereocenters. The molecule has 0 aromatic carbocycles. The highest BCUT2D eigenvalue weighted by Crippen LogP contribution is 2.17. The largest absolute Gasteiger partial charge is 0.374 e. The molecule has 1 fully saturated rings. The maximum absolute atomic E-state index is 12.1. The predicted octanol–water partition coefficient (Wildman–Crippen LogP) is -1.00. The highest BCUT2D eigenvalue weighted by Gasteiger charge is 2.37. The molecule has 0 radical (unpaired) electrons. The van der Waals surface area contributed by atoms with Gasteiger partial charge in [0.2, 0.25) is 22.0 Å². The van der Waals surface area contributed by atoms with E-state index in [1.165, 1.54) is 4.90 Å². The molecule has 3 amide bonds. The molecule has 1 aromatic heterocycles. The minimum Gasteiger partial charge on any atom is -0.374 e. The first-order valence-corrected chi connectivity index (χ1v) is 6.08. The summed E-state index contributed by atoms with van der Waals surface area (Å²) in [5, 5.41) is 9.59. The van der Waals surface area contributed by atoms with Crippen LogP contribution < -0.4 is 11.1 Å². The highest BCUT2D eigenvalue weighted by molar-refractivity contribution is 7.16. The van der Waals surface area contributed by atoms with Gasteiger partial charge in [0.05, 0.1) is 0 Å². The van der Waals surface area contributed by atoms with Crippen LogP contribution in [-0.2, 0) is 9.59 Å². The number of nitrogens with one attached hydrogen (secondary N) is 1. The van der Waals surface area contributed by atoms with Crippen molar-refractivity contribution in [2.24, 2.45) is 0 Å². The number of piperazine rings is 1. The summed E-state index contributed by atoms with van der Waals surface area (Å²) in [6, 6.07) is -0.666. The Balaban J connectivity index is 2.26. The second-order valence-electron chi connectivity index (χ2n) is 3.71. The SMILES string of the molecule is CCC1C(=O)NC(=O)CN1C(=O)c1nnc(N)s1. The standard InChI is InChI=1S/C9H11N5O3S/c1-2-4-6(16)11-5(15)3-14(4)8(17)7-12-13-9(10)18-7/h4H,2-3H2,1H3,(H2,10,13)(H,11,15,16). The Kier molecular flexibility index (Phi) is 3.24. The van der Waals surface area contributed by atoms with Crippen LogP contribution >= 0.6 is 11.3 Å². The van der Waals surface area contributed by atoms with Crippen LogP contribution in [-0.4, -0.2) is 45.4 Å². The van der Waals surface area contributed by atoms with Crippen LogP contribution in [0.3, 0.4) is 0 Å². The predicted molar refractivity (Wildman–Crippen MR) is 62.6 cm³/mol. The van der Waals surface area contributed by atoms with E-state index in [1.807, 2.05) is 0 Å². The van der Waals surface area contributed by atoms with Crippen LogP contribution in [0, 0.1) is 0 Å². The van der Waals surface area contributed by atoms with Crippen molar-refractivity contribution in [3.05, 3.63) is 5.01 Å². The normalized spacial score (nSPS) is 19.8. The van der Waals surface area contributed by atoms with Gasteiger partial charge in [0.1, 0.15) is 12.6 Å². The van der Waals surface area contributed by atoms with Crippen molar-refractivity contribution in [2.75, 3.05) is 12.3 Å². The Morgan fingerprint density at radius 1 is 1.56 bits per heavy atom. The summed E-state index contributed by atoms with van der Waals surface area (Å²) >= 11 is 0.926. The highest BCUT2D eigenvalue weighted by atomic mass is 32.1. The fraction of sp³-hybridized carbons (Fsp3) is 0.444. The lowest BCUT2D eigenvalue weighted by Gasteiger charge is -2.32. The number of anilines is 1. The lowest BCUT2D eigenvalue weighted by atomic mass is 10.1. The number of imide groups is 1. The number of aromatic nitrogens is 2. The van der Waals surface area contributed by atoms with Gasteiger partial charge in [-0.05, 0) is 6.42 Å². The summed E-state index contributed by atoms with van der Waals surface area (Å²) in [6.45, 7) is 1.59. The molecule has 18 heavy (non-hydrogen) atoms. The first-order chi connectivity index (χ1) is 8.52. The maximum Gasteiger partial charge on any atom is 0.286 e. The minimum atomic E-state index is -0.666. The molecule has 96 valence electrons. The summed E-state index contributed by atoms with van der Waals surface area (Å²) in [5.74, 6) is -1.48. The van der Waals surface area contributed by atoms with Gasteiger partial charge < -0.3 is 10.6 Å². The minimum absolute atomic E-state index is 0.0773. The van der Waals surface area contributed by atoms with Crippen molar-refractivity contribution in [3.8, 4) is 0 Å². The number of rotatable bonds is 2. The molecule has 2 heterocycles. The molecule has 2 rings (SSSR count). The molecule has 1 aliphatic heterocycles. The third-order valence-electron chi connectivity index (χ3n) is 2.53. The van der Waals surface area contributed by atoms with Crippen LogP contribution in [0.2, 0.25) is 0 Å². The molecular formula is C9H11N5O3S. The molecule has 1 saturated heterocycles. The second kappa shape index (κ2) is 4.69. The topological polar surface area (TPSA) is 118 Å². The van der Waals surface area contributed by atoms with Crippen LogP contribution in [0.5, 0.6) is 0 Å². The zero-order valence-corrected chi connectivity index (χ0v) is 10.4. The summed E-state index contributed by atoms with van der Waals surface area (Å²) in [7, 11) is 0. The average Bonchev–Trinajstić information content (AvgIpc) is 2.74. The molecule has 0 bridgehead atoms. The molecular weight excluding hydrogens is 258 g/mol. The monoisotopic (exact) mass is 269 g/mol. The van der Waals surface area contributed by atoms with E-state index in [0.29, 0.717) is 6.42 Å². The molecule has 9 heteroatoms. The van der Waals surface area contributed by atoms with Crippen molar-refractivity contribution in [1.82, 2.24) is 20.4 Å². The Bertz CT molecular complexity index is 514. The Hall–Kier alpha value is -2.03. The van der Waals surface area contributed by atoms with Gasteiger partial charge in [0, 0.05) is 0 Å². The first kappa shape index (κ1) is 12.4. The zero-order valence-electron chi connectivity index (χ0n) is 9.54. The molecule has 0 aliphatic carbocycles. The van der Waals surface area contributed by atoms with E-state index in [1.54, 1.807) is 6.92 Å². The quantitative estimate of drug-likeness (QED) is 0.665. The summed E-state index contributed by atoms with van der Waals surface area (Å²) < 4.78 is 0. The van der Waals surface area contributed by atoms with Crippen molar-refractivity contribution < 1.29 is 14.4 Å². The van der Waals surface area contributed by atoms with E-state index in [4.69, 9.17) is 5.73 Å². The number of amides is 3. The smallest absolute Gasteiger partial charge is 0.286 e. The van der Waals surface area contributed by atoms with Gasteiger partial charge in [0.25, 0.3) is 5.91 Å². The number of hydrogen-bond acceptors (Lipinski definition) is 7. The summed E-state index contributed by atoms with van der Waals surface area (Å²) in [4.78, 5) is 36.2. The lowest BCUT2D eigenvalue weighted by Crippen LogP contribution is -2.59. The van der Waals surface area contributed by atoms with Gasteiger partial charge in [-0.25, -0.2) is 0 Å². The molecule has 3 N–H and O–H groups in total. The van der Waals surface area contributed by atoms with Gasteiger partial charge in [0.15, 0.2) is 0 Å². The Morgan fingerprint density at radius 2 is 2.28 bits per heavy atom. The van der Waals surface area contributed by atoms with Crippen molar-refractivity contribution in [2.45, 2.75) is 19.4 Å². The zero-order chi connectivity index (χ0) is 13.3. The Morgan fingerprint density at radius 3 is 2.83 bits per heavy atom. The van der Waals surface area contributed by atoms with E-state index in [0.717, 1.165) is 11.3 Å². The van der Waals surface area contributed by atoms with Crippen LogP contribution in [0.1, 0.15) is 23.1 Å².